The lowest BCUT2D eigenvalue weighted by Crippen LogP contribution is -2.49. The van der Waals surface area contributed by atoms with Crippen molar-refractivity contribution < 1.29 is 4.74 Å². The van der Waals surface area contributed by atoms with E-state index in [1.807, 2.05) is 0 Å². The van der Waals surface area contributed by atoms with Gasteiger partial charge in [-0.2, -0.15) is 0 Å². The Bertz CT molecular complexity index is 111. The fourth-order valence-electron chi connectivity index (χ4n) is 1.76. The molecule has 1 aliphatic heterocycles. The summed E-state index contributed by atoms with van der Waals surface area (Å²) in [4.78, 5) is 0. The van der Waals surface area contributed by atoms with Crippen molar-refractivity contribution in [2.75, 3.05) is 13.2 Å². The first-order chi connectivity index (χ1) is 4.95. The number of rotatable bonds is 2. The van der Waals surface area contributed by atoms with E-state index in [-0.39, 0.29) is 12.4 Å². The van der Waals surface area contributed by atoms with E-state index >= 15 is 0 Å². The third-order valence-electron chi connectivity index (χ3n) is 2.46. The van der Waals surface area contributed by atoms with Gasteiger partial charge in [-0.3, -0.25) is 0 Å². The maximum atomic E-state index is 5.08. The highest BCUT2D eigenvalue weighted by atomic mass is 35.5. The van der Waals surface area contributed by atoms with Crippen LogP contribution in [-0.2, 0) is 4.74 Å². The molecule has 66 valence electrons. The van der Waals surface area contributed by atoms with Gasteiger partial charge in [0.2, 0.25) is 0 Å². The van der Waals surface area contributed by atoms with Crippen molar-refractivity contribution in [1.29, 1.82) is 0 Å². The summed E-state index contributed by atoms with van der Waals surface area (Å²) in [6, 6.07) is 1.50. The second-order valence-electron chi connectivity index (χ2n) is 3.38. The van der Waals surface area contributed by atoms with Gasteiger partial charge in [-0.1, -0.05) is 12.8 Å². The first-order valence-electron chi connectivity index (χ1n) is 4.29. The second kappa shape index (κ2) is 4.29. The van der Waals surface area contributed by atoms with Crippen molar-refractivity contribution in [2.24, 2.45) is 0 Å². The minimum absolute atomic E-state index is 0. The fourth-order valence-corrected chi connectivity index (χ4v) is 1.76. The molecule has 1 N–H and O–H groups in total. The molecule has 0 radical (unpaired) electrons. The number of hydrogen-bond donors (Lipinski definition) is 1. The minimum Gasteiger partial charge on any atom is -0.378 e. The molecule has 0 spiro atoms. The largest absolute Gasteiger partial charge is 0.378 e. The predicted octanol–water partition coefficient (Wildman–Crippen LogP) is 1.34. The van der Waals surface area contributed by atoms with Crippen LogP contribution in [0, 0.1) is 0 Å². The van der Waals surface area contributed by atoms with Crippen molar-refractivity contribution in [2.45, 2.75) is 37.8 Å². The van der Waals surface area contributed by atoms with E-state index in [2.05, 4.69) is 5.32 Å². The standard InChI is InChI=1S/C8H15NO.ClH/c1-2-4-7(3-1)9-8-5-10-6-8;/h7-9H,1-6H2;1H. The van der Waals surface area contributed by atoms with Crippen LogP contribution in [-0.4, -0.2) is 25.3 Å². The lowest BCUT2D eigenvalue weighted by Gasteiger charge is -2.29. The first kappa shape index (κ1) is 9.30. The highest BCUT2D eigenvalue weighted by Crippen LogP contribution is 2.19. The molecule has 0 atom stereocenters. The van der Waals surface area contributed by atoms with Crippen molar-refractivity contribution in [3.8, 4) is 0 Å². The van der Waals surface area contributed by atoms with Gasteiger partial charge >= 0.3 is 0 Å². The van der Waals surface area contributed by atoms with Crippen LogP contribution in [0.4, 0.5) is 0 Å². The molecule has 2 fully saturated rings. The first-order valence-corrected chi connectivity index (χ1v) is 4.29. The molecule has 1 saturated carbocycles. The zero-order valence-corrected chi connectivity index (χ0v) is 7.53. The van der Waals surface area contributed by atoms with Crippen LogP contribution >= 0.6 is 12.4 Å². The molecule has 1 aliphatic carbocycles. The third kappa shape index (κ3) is 2.32. The molecule has 2 nitrogen and oxygen atoms in total. The summed E-state index contributed by atoms with van der Waals surface area (Å²) in [7, 11) is 0. The Morgan fingerprint density at radius 3 is 2.09 bits per heavy atom. The quantitative estimate of drug-likeness (QED) is 0.688. The van der Waals surface area contributed by atoms with Crippen molar-refractivity contribution in [3.05, 3.63) is 0 Å². The van der Waals surface area contributed by atoms with Crippen LogP contribution in [0.5, 0.6) is 0 Å². The Kier molecular flexibility index (Phi) is 3.63. The SMILES string of the molecule is C1CCC(NC2COC2)C1.Cl. The van der Waals surface area contributed by atoms with E-state index in [9.17, 15) is 0 Å². The van der Waals surface area contributed by atoms with Crippen LogP contribution in [0.3, 0.4) is 0 Å². The Hall–Kier alpha value is 0.210. The smallest absolute Gasteiger partial charge is 0.0643 e. The van der Waals surface area contributed by atoms with Gasteiger partial charge in [-0.05, 0) is 12.8 Å². The summed E-state index contributed by atoms with van der Waals surface area (Å²) < 4.78 is 5.08. The van der Waals surface area contributed by atoms with Crippen LogP contribution in [0.25, 0.3) is 0 Å². The van der Waals surface area contributed by atoms with Crippen LogP contribution in [0.1, 0.15) is 25.7 Å². The van der Waals surface area contributed by atoms with Crippen molar-refractivity contribution >= 4 is 12.4 Å². The van der Waals surface area contributed by atoms with Crippen LogP contribution < -0.4 is 5.32 Å². The van der Waals surface area contributed by atoms with E-state index < -0.39 is 0 Å². The lowest BCUT2D eigenvalue weighted by atomic mass is 10.2. The van der Waals surface area contributed by atoms with Gasteiger partial charge in [0, 0.05) is 6.04 Å². The van der Waals surface area contributed by atoms with Gasteiger partial charge in [0.15, 0.2) is 0 Å². The molecule has 11 heavy (non-hydrogen) atoms. The molecule has 1 heterocycles. The molecule has 1 saturated heterocycles. The third-order valence-corrected chi connectivity index (χ3v) is 2.46. The highest BCUT2D eigenvalue weighted by molar-refractivity contribution is 5.85. The summed E-state index contributed by atoms with van der Waals surface area (Å²) in [6.07, 6.45) is 5.61. The minimum atomic E-state index is 0. The molecule has 0 bridgehead atoms. The molecule has 2 rings (SSSR count). The normalized spacial score (nSPS) is 26.2. The molecular formula is C8H16ClNO. The average Bonchev–Trinajstić information content (AvgIpc) is 2.29. The fraction of sp³-hybridized carbons (Fsp3) is 1.00. The summed E-state index contributed by atoms with van der Waals surface area (Å²) in [5.74, 6) is 0. The molecule has 0 amide bonds. The lowest BCUT2D eigenvalue weighted by molar-refractivity contribution is -0.00963. The number of halogens is 1. The van der Waals surface area contributed by atoms with Gasteiger partial charge in [0.05, 0.1) is 19.3 Å². The van der Waals surface area contributed by atoms with E-state index in [0.29, 0.717) is 6.04 Å². The summed E-state index contributed by atoms with van der Waals surface area (Å²) >= 11 is 0. The Morgan fingerprint density at radius 1 is 1.00 bits per heavy atom. The number of hydrogen-bond acceptors (Lipinski definition) is 2. The molecule has 3 heteroatoms. The molecule has 0 unspecified atom stereocenters. The van der Waals surface area contributed by atoms with Crippen LogP contribution in [0.15, 0.2) is 0 Å². The van der Waals surface area contributed by atoms with Gasteiger partial charge in [0.25, 0.3) is 0 Å². The van der Waals surface area contributed by atoms with Crippen molar-refractivity contribution in [1.82, 2.24) is 5.32 Å². The molecule has 0 aromatic rings. The topological polar surface area (TPSA) is 21.3 Å². The Labute approximate surface area is 74.1 Å². The van der Waals surface area contributed by atoms with Gasteiger partial charge in [0.1, 0.15) is 0 Å². The summed E-state index contributed by atoms with van der Waals surface area (Å²) in [5, 5.41) is 3.59. The average molecular weight is 178 g/mol. The van der Waals surface area contributed by atoms with E-state index in [1.54, 1.807) is 0 Å². The number of ether oxygens (including phenoxy) is 1. The molecular weight excluding hydrogens is 162 g/mol. The van der Waals surface area contributed by atoms with Crippen molar-refractivity contribution in [3.63, 3.8) is 0 Å². The zero-order chi connectivity index (χ0) is 6.81. The summed E-state index contributed by atoms with van der Waals surface area (Å²) in [6.45, 7) is 1.88. The van der Waals surface area contributed by atoms with Gasteiger partial charge < -0.3 is 10.1 Å². The van der Waals surface area contributed by atoms with Gasteiger partial charge in [-0.25, -0.2) is 0 Å². The Balaban J connectivity index is 0.000000605. The molecule has 0 aromatic heterocycles. The zero-order valence-electron chi connectivity index (χ0n) is 6.71. The highest BCUT2D eigenvalue weighted by Gasteiger charge is 2.23. The Morgan fingerprint density at radius 2 is 1.64 bits per heavy atom. The number of nitrogens with one attached hydrogen (secondary N) is 1. The second-order valence-corrected chi connectivity index (χ2v) is 3.38. The van der Waals surface area contributed by atoms with E-state index in [4.69, 9.17) is 4.74 Å². The van der Waals surface area contributed by atoms with Gasteiger partial charge in [-0.15, -0.1) is 12.4 Å². The van der Waals surface area contributed by atoms with E-state index in [0.717, 1.165) is 19.3 Å². The monoisotopic (exact) mass is 177 g/mol. The molecule has 2 aliphatic rings. The molecule has 0 aromatic carbocycles. The van der Waals surface area contributed by atoms with Crippen LogP contribution in [0.2, 0.25) is 0 Å². The maximum Gasteiger partial charge on any atom is 0.0643 e. The predicted molar refractivity (Wildman–Crippen MR) is 47.2 cm³/mol. The summed E-state index contributed by atoms with van der Waals surface area (Å²) in [5.41, 5.74) is 0. The van der Waals surface area contributed by atoms with E-state index in [1.165, 1.54) is 25.7 Å². The maximum absolute atomic E-state index is 5.08.